The van der Waals surface area contributed by atoms with Gasteiger partial charge in [-0.25, -0.2) is 4.39 Å². The summed E-state index contributed by atoms with van der Waals surface area (Å²) in [4.78, 5) is 2.13. The summed E-state index contributed by atoms with van der Waals surface area (Å²) in [6, 6.07) is 6.02. The SMILES string of the molecule is CC1CCCC(N(C)c2ccc(CBr)cc2F)C1. The van der Waals surface area contributed by atoms with Gasteiger partial charge in [0.2, 0.25) is 0 Å². The van der Waals surface area contributed by atoms with E-state index in [0.717, 1.165) is 17.2 Å². The van der Waals surface area contributed by atoms with Gasteiger partial charge in [0.05, 0.1) is 5.69 Å². The highest BCUT2D eigenvalue weighted by atomic mass is 79.9. The third-order valence-electron chi connectivity index (χ3n) is 4.00. The standard InChI is InChI=1S/C15H21BrFN/c1-11-4-3-5-13(8-11)18(2)15-7-6-12(10-16)9-14(15)17/h6-7,9,11,13H,3-5,8,10H2,1-2H3. The van der Waals surface area contributed by atoms with Gasteiger partial charge in [-0.1, -0.05) is 41.8 Å². The highest BCUT2D eigenvalue weighted by Crippen LogP contribution is 2.31. The quantitative estimate of drug-likeness (QED) is 0.729. The number of alkyl halides is 1. The molecule has 0 aromatic heterocycles. The molecular weight excluding hydrogens is 293 g/mol. The van der Waals surface area contributed by atoms with Crippen LogP contribution in [0.15, 0.2) is 18.2 Å². The predicted molar refractivity (Wildman–Crippen MR) is 78.9 cm³/mol. The number of hydrogen-bond donors (Lipinski definition) is 0. The van der Waals surface area contributed by atoms with Crippen LogP contribution in [-0.2, 0) is 5.33 Å². The predicted octanol–water partition coefficient (Wildman–Crippen LogP) is 4.74. The highest BCUT2D eigenvalue weighted by molar-refractivity contribution is 9.08. The number of hydrogen-bond acceptors (Lipinski definition) is 1. The van der Waals surface area contributed by atoms with Gasteiger partial charge < -0.3 is 4.90 Å². The molecule has 3 heteroatoms. The molecule has 1 aromatic rings. The minimum Gasteiger partial charge on any atom is -0.369 e. The minimum absolute atomic E-state index is 0.104. The number of benzene rings is 1. The summed E-state index contributed by atoms with van der Waals surface area (Å²) in [5.74, 6) is 0.656. The van der Waals surface area contributed by atoms with Gasteiger partial charge in [0, 0.05) is 18.4 Å². The van der Waals surface area contributed by atoms with Gasteiger partial charge in [0.1, 0.15) is 5.82 Å². The Kier molecular flexibility index (Phi) is 4.66. The first-order valence-electron chi connectivity index (χ1n) is 6.69. The van der Waals surface area contributed by atoms with Crippen molar-refractivity contribution in [2.75, 3.05) is 11.9 Å². The van der Waals surface area contributed by atoms with Gasteiger partial charge in [-0.05, 0) is 36.5 Å². The van der Waals surface area contributed by atoms with Crippen molar-refractivity contribution in [3.63, 3.8) is 0 Å². The fourth-order valence-electron chi connectivity index (χ4n) is 2.87. The first-order valence-corrected chi connectivity index (χ1v) is 7.81. The van der Waals surface area contributed by atoms with Crippen molar-refractivity contribution in [2.24, 2.45) is 5.92 Å². The molecule has 0 bridgehead atoms. The van der Waals surface area contributed by atoms with Crippen LogP contribution in [-0.4, -0.2) is 13.1 Å². The molecule has 1 aromatic carbocycles. The molecule has 0 radical (unpaired) electrons. The van der Waals surface area contributed by atoms with Gasteiger partial charge in [-0.2, -0.15) is 0 Å². The molecule has 18 heavy (non-hydrogen) atoms. The molecule has 2 rings (SSSR count). The average Bonchev–Trinajstić information content (AvgIpc) is 2.37. The summed E-state index contributed by atoms with van der Waals surface area (Å²) >= 11 is 3.36. The molecule has 0 aliphatic heterocycles. The second kappa shape index (κ2) is 6.05. The number of anilines is 1. The Morgan fingerprint density at radius 2 is 2.17 bits per heavy atom. The van der Waals surface area contributed by atoms with E-state index in [9.17, 15) is 4.39 Å². The van der Waals surface area contributed by atoms with Crippen molar-refractivity contribution in [1.29, 1.82) is 0 Å². The molecule has 2 unspecified atom stereocenters. The fourth-order valence-corrected chi connectivity index (χ4v) is 3.22. The molecule has 0 amide bonds. The van der Waals surface area contributed by atoms with Crippen LogP contribution in [0.4, 0.5) is 10.1 Å². The van der Waals surface area contributed by atoms with E-state index in [4.69, 9.17) is 0 Å². The highest BCUT2D eigenvalue weighted by Gasteiger charge is 2.23. The topological polar surface area (TPSA) is 3.24 Å². The van der Waals surface area contributed by atoms with Crippen molar-refractivity contribution in [3.05, 3.63) is 29.6 Å². The van der Waals surface area contributed by atoms with E-state index in [1.54, 1.807) is 6.07 Å². The second-order valence-corrected chi connectivity index (χ2v) is 6.02. The van der Waals surface area contributed by atoms with Crippen LogP contribution in [0.1, 0.15) is 38.2 Å². The fraction of sp³-hybridized carbons (Fsp3) is 0.600. The Hall–Kier alpha value is -0.570. The van der Waals surface area contributed by atoms with Crippen molar-refractivity contribution < 1.29 is 4.39 Å². The van der Waals surface area contributed by atoms with E-state index in [0.29, 0.717) is 11.4 Å². The van der Waals surface area contributed by atoms with E-state index >= 15 is 0 Å². The molecule has 1 aliphatic rings. The van der Waals surface area contributed by atoms with Crippen LogP contribution in [0.5, 0.6) is 0 Å². The lowest BCUT2D eigenvalue weighted by atomic mass is 9.86. The van der Waals surface area contributed by atoms with Crippen molar-refractivity contribution >= 4 is 21.6 Å². The Bertz CT molecular complexity index is 407. The van der Waals surface area contributed by atoms with E-state index in [1.165, 1.54) is 25.7 Å². The molecule has 2 atom stereocenters. The maximum atomic E-state index is 14.1. The van der Waals surface area contributed by atoms with Gasteiger partial charge in [0.15, 0.2) is 0 Å². The lowest BCUT2D eigenvalue weighted by Crippen LogP contribution is -2.36. The lowest BCUT2D eigenvalue weighted by Gasteiger charge is -2.35. The first kappa shape index (κ1) is 13.9. The summed E-state index contributed by atoms with van der Waals surface area (Å²) in [5, 5.41) is 0.703. The molecule has 0 saturated heterocycles. The summed E-state index contributed by atoms with van der Waals surface area (Å²) in [5.41, 5.74) is 1.72. The molecule has 1 nitrogen and oxygen atoms in total. The van der Waals surface area contributed by atoms with Gasteiger partial charge in [0.25, 0.3) is 0 Å². The van der Waals surface area contributed by atoms with E-state index in [2.05, 4.69) is 27.8 Å². The third kappa shape index (κ3) is 3.05. The van der Waals surface area contributed by atoms with Crippen molar-refractivity contribution in [2.45, 2.75) is 44.0 Å². The zero-order chi connectivity index (χ0) is 13.1. The van der Waals surface area contributed by atoms with Crippen LogP contribution >= 0.6 is 15.9 Å². The molecule has 100 valence electrons. The molecule has 1 saturated carbocycles. The van der Waals surface area contributed by atoms with Gasteiger partial charge >= 0.3 is 0 Å². The minimum atomic E-state index is -0.104. The Labute approximate surface area is 118 Å². The van der Waals surface area contributed by atoms with E-state index in [-0.39, 0.29) is 5.82 Å². The second-order valence-electron chi connectivity index (χ2n) is 5.46. The summed E-state index contributed by atoms with van der Waals surface area (Å²) in [6.45, 7) is 2.30. The van der Waals surface area contributed by atoms with Gasteiger partial charge in [-0.15, -0.1) is 0 Å². The van der Waals surface area contributed by atoms with Crippen LogP contribution in [0, 0.1) is 11.7 Å². The van der Waals surface area contributed by atoms with Crippen LogP contribution in [0.25, 0.3) is 0 Å². The Morgan fingerprint density at radius 3 is 2.78 bits per heavy atom. The monoisotopic (exact) mass is 313 g/mol. The zero-order valence-corrected chi connectivity index (χ0v) is 12.7. The number of rotatable bonds is 3. The zero-order valence-electron chi connectivity index (χ0n) is 11.1. The number of nitrogens with zero attached hydrogens (tertiary/aromatic N) is 1. The normalized spacial score (nSPS) is 24.0. The summed E-state index contributed by atoms with van der Waals surface area (Å²) in [7, 11) is 2.02. The van der Waals surface area contributed by atoms with Crippen molar-refractivity contribution in [3.8, 4) is 0 Å². The average molecular weight is 314 g/mol. The Morgan fingerprint density at radius 1 is 1.39 bits per heavy atom. The van der Waals surface area contributed by atoms with Crippen LogP contribution in [0.2, 0.25) is 0 Å². The maximum Gasteiger partial charge on any atom is 0.146 e. The molecule has 1 fully saturated rings. The molecule has 0 N–H and O–H groups in total. The lowest BCUT2D eigenvalue weighted by molar-refractivity contribution is 0.335. The smallest absolute Gasteiger partial charge is 0.146 e. The number of halogens is 2. The first-order chi connectivity index (χ1) is 8.61. The van der Waals surface area contributed by atoms with Gasteiger partial charge in [-0.3, -0.25) is 0 Å². The van der Waals surface area contributed by atoms with Crippen LogP contribution in [0.3, 0.4) is 0 Å². The molecular formula is C15H21BrFN. The van der Waals surface area contributed by atoms with Crippen molar-refractivity contribution in [1.82, 2.24) is 0 Å². The Balaban J connectivity index is 2.15. The third-order valence-corrected chi connectivity index (χ3v) is 4.65. The van der Waals surface area contributed by atoms with E-state index < -0.39 is 0 Å². The summed E-state index contributed by atoms with van der Waals surface area (Å²) in [6.07, 6.45) is 4.93. The largest absolute Gasteiger partial charge is 0.369 e. The molecule has 0 spiro atoms. The van der Waals surface area contributed by atoms with E-state index in [1.807, 2.05) is 19.2 Å². The maximum absolute atomic E-state index is 14.1. The molecule has 1 aliphatic carbocycles. The van der Waals surface area contributed by atoms with Crippen LogP contribution < -0.4 is 4.90 Å². The summed E-state index contributed by atoms with van der Waals surface area (Å²) < 4.78 is 14.1. The molecule has 0 heterocycles.